The summed E-state index contributed by atoms with van der Waals surface area (Å²) in [6, 6.07) is 4.13. The first-order valence-corrected chi connectivity index (χ1v) is 15.0. The van der Waals surface area contributed by atoms with Crippen molar-refractivity contribution in [3.63, 3.8) is 0 Å². The number of hydrogen-bond donors (Lipinski definition) is 2. The van der Waals surface area contributed by atoms with E-state index in [0.29, 0.717) is 22.3 Å². The van der Waals surface area contributed by atoms with Crippen LogP contribution in [0.1, 0.15) is 64.2 Å². The Kier molecular flexibility index (Phi) is 7.51. The van der Waals surface area contributed by atoms with Crippen LogP contribution >= 0.6 is 23.2 Å². The summed E-state index contributed by atoms with van der Waals surface area (Å²) < 4.78 is 6.46. The van der Waals surface area contributed by atoms with E-state index < -0.39 is 29.6 Å². The summed E-state index contributed by atoms with van der Waals surface area (Å²) in [5.41, 5.74) is 0.634. The standard InChI is InChI=1S/C30H35Cl2N3O4/c31-19-15-20(32)17-22(16-19)34-27(36)24-23-11-13-30(39-23)25(24)29(38)35(14-12-18-7-3-1-4-8-18)26(30)28(37)33-21-9-5-2-6-10-21/h7,11,13,15-17,21,23-26H,1-6,8-10,12,14H2,(H,33,37)(H,34,36)/t23-,24+,25-,26-,30-/m0/s1. The molecule has 1 aromatic carbocycles. The zero-order valence-corrected chi connectivity index (χ0v) is 23.5. The molecule has 5 aliphatic rings. The van der Waals surface area contributed by atoms with Gasteiger partial charge in [0.2, 0.25) is 17.7 Å². The van der Waals surface area contributed by atoms with Crippen LogP contribution < -0.4 is 10.6 Å². The number of halogens is 2. The van der Waals surface area contributed by atoms with E-state index in [1.165, 1.54) is 18.4 Å². The van der Waals surface area contributed by atoms with Crippen molar-refractivity contribution < 1.29 is 19.1 Å². The van der Waals surface area contributed by atoms with Gasteiger partial charge in [-0.15, -0.1) is 0 Å². The van der Waals surface area contributed by atoms with Crippen LogP contribution in [0.3, 0.4) is 0 Å². The monoisotopic (exact) mass is 571 g/mol. The number of rotatable bonds is 7. The van der Waals surface area contributed by atoms with Crippen LogP contribution in [0.2, 0.25) is 10.0 Å². The summed E-state index contributed by atoms with van der Waals surface area (Å²) in [5, 5.41) is 6.93. The van der Waals surface area contributed by atoms with Crippen LogP contribution in [0, 0.1) is 11.8 Å². The molecule has 0 radical (unpaired) electrons. The van der Waals surface area contributed by atoms with Crippen molar-refractivity contribution in [1.29, 1.82) is 0 Å². The summed E-state index contributed by atoms with van der Waals surface area (Å²) in [5.74, 6) is -2.24. The van der Waals surface area contributed by atoms with Crippen LogP contribution in [0.4, 0.5) is 5.69 Å². The van der Waals surface area contributed by atoms with Crippen molar-refractivity contribution in [2.24, 2.45) is 11.8 Å². The predicted octanol–water partition coefficient (Wildman–Crippen LogP) is 5.42. The van der Waals surface area contributed by atoms with Gasteiger partial charge in [-0.05, 0) is 63.1 Å². The summed E-state index contributed by atoms with van der Waals surface area (Å²) in [7, 11) is 0. The Morgan fingerprint density at radius 2 is 1.79 bits per heavy atom. The molecule has 208 valence electrons. The molecule has 9 heteroatoms. The number of carbonyl (C=O) groups is 3. The number of benzene rings is 1. The average Bonchev–Trinajstić information content (AvgIpc) is 3.55. The predicted molar refractivity (Wildman–Crippen MR) is 151 cm³/mol. The molecule has 3 fully saturated rings. The lowest BCUT2D eigenvalue weighted by Gasteiger charge is -2.34. The molecule has 0 unspecified atom stereocenters. The van der Waals surface area contributed by atoms with Gasteiger partial charge in [0.25, 0.3) is 0 Å². The average molecular weight is 573 g/mol. The van der Waals surface area contributed by atoms with Gasteiger partial charge in [-0.1, -0.05) is 66.3 Å². The Balaban J connectivity index is 1.28. The number of likely N-dealkylation sites (tertiary alicyclic amines) is 1. The maximum absolute atomic E-state index is 14.1. The van der Waals surface area contributed by atoms with E-state index >= 15 is 0 Å². The van der Waals surface area contributed by atoms with Gasteiger partial charge in [0, 0.05) is 28.3 Å². The van der Waals surface area contributed by atoms with E-state index in [9.17, 15) is 14.4 Å². The molecule has 1 aromatic rings. The summed E-state index contributed by atoms with van der Waals surface area (Å²) in [4.78, 5) is 43.4. The zero-order valence-electron chi connectivity index (χ0n) is 22.0. The molecular weight excluding hydrogens is 537 g/mol. The molecular formula is C30H35Cl2N3O4. The lowest BCUT2D eigenvalue weighted by Crippen LogP contribution is -2.56. The Bertz CT molecular complexity index is 1210. The number of hydrogen-bond acceptors (Lipinski definition) is 4. The van der Waals surface area contributed by atoms with Gasteiger partial charge in [-0.2, -0.15) is 0 Å². The normalized spacial score (nSPS) is 31.8. The van der Waals surface area contributed by atoms with Gasteiger partial charge in [0.15, 0.2) is 0 Å². The Hall–Kier alpha value is -2.35. The highest BCUT2D eigenvalue weighted by Crippen LogP contribution is 2.55. The van der Waals surface area contributed by atoms with Gasteiger partial charge in [0.05, 0.1) is 17.9 Å². The molecule has 2 aliphatic carbocycles. The number of anilines is 1. The number of nitrogens with zero attached hydrogens (tertiary/aromatic N) is 1. The molecule has 0 aromatic heterocycles. The molecule has 2 bridgehead atoms. The number of amides is 3. The molecule has 1 spiro atoms. The summed E-state index contributed by atoms with van der Waals surface area (Å²) >= 11 is 12.3. The van der Waals surface area contributed by atoms with Crippen LogP contribution in [0.15, 0.2) is 42.0 Å². The van der Waals surface area contributed by atoms with Crippen molar-refractivity contribution in [3.8, 4) is 0 Å². The van der Waals surface area contributed by atoms with E-state index in [1.807, 2.05) is 12.2 Å². The third-order valence-corrected chi connectivity index (χ3v) is 9.50. The number of allylic oxidation sites excluding steroid dienone is 1. The zero-order chi connectivity index (χ0) is 27.1. The van der Waals surface area contributed by atoms with Gasteiger partial charge in [0.1, 0.15) is 11.6 Å². The molecule has 3 heterocycles. The Morgan fingerprint density at radius 3 is 2.51 bits per heavy atom. The molecule has 6 rings (SSSR count). The third-order valence-electron chi connectivity index (χ3n) is 9.07. The summed E-state index contributed by atoms with van der Waals surface area (Å²) in [6.07, 6.45) is 15.8. The second-order valence-corrected chi connectivity index (χ2v) is 12.5. The second-order valence-electron chi connectivity index (χ2n) is 11.6. The van der Waals surface area contributed by atoms with E-state index in [2.05, 4.69) is 16.7 Å². The topological polar surface area (TPSA) is 87.7 Å². The molecule has 2 N–H and O–H groups in total. The van der Waals surface area contributed by atoms with E-state index in [-0.39, 0.29) is 23.8 Å². The van der Waals surface area contributed by atoms with E-state index in [1.54, 1.807) is 23.1 Å². The van der Waals surface area contributed by atoms with Crippen molar-refractivity contribution in [2.75, 3.05) is 11.9 Å². The van der Waals surface area contributed by atoms with E-state index in [4.69, 9.17) is 27.9 Å². The van der Waals surface area contributed by atoms with E-state index in [0.717, 1.165) is 51.4 Å². The largest absolute Gasteiger partial charge is 0.359 e. The highest BCUT2D eigenvalue weighted by atomic mass is 35.5. The fourth-order valence-corrected chi connectivity index (χ4v) is 7.81. The second kappa shape index (κ2) is 10.9. The van der Waals surface area contributed by atoms with Crippen LogP contribution in [0.5, 0.6) is 0 Å². The highest BCUT2D eigenvalue weighted by Gasteiger charge is 2.72. The highest BCUT2D eigenvalue weighted by molar-refractivity contribution is 6.35. The van der Waals surface area contributed by atoms with Gasteiger partial charge >= 0.3 is 0 Å². The van der Waals surface area contributed by atoms with Crippen molar-refractivity contribution >= 4 is 46.6 Å². The van der Waals surface area contributed by atoms with Gasteiger partial charge in [-0.25, -0.2) is 0 Å². The molecule has 3 amide bonds. The Labute approximate surface area is 239 Å². The van der Waals surface area contributed by atoms with Crippen LogP contribution in [-0.4, -0.2) is 53.0 Å². The molecule has 1 saturated carbocycles. The number of carbonyl (C=O) groups excluding carboxylic acids is 3. The minimum Gasteiger partial charge on any atom is -0.359 e. The fraction of sp³-hybridized carbons (Fsp3) is 0.567. The van der Waals surface area contributed by atoms with Crippen molar-refractivity contribution in [3.05, 3.63) is 52.0 Å². The fourth-order valence-electron chi connectivity index (χ4n) is 7.28. The molecule has 39 heavy (non-hydrogen) atoms. The molecule has 5 atom stereocenters. The third kappa shape index (κ3) is 5.02. The maximum Gasteiger partial charge on any atom is 0.246 e. The van der Waals surface area contributed by atoms with Crippen molar-refractivity contribution in [2.45, 2.75) is 88.0 Å². The van der Waals surface area contributed by atoms with Crippen molar-refractivity contribution in [1.82, 2.24) is 10.2 Å². The Morgan fingerprint density at radius 1 is 1.03 bits per heavy atom. The summed E-state index contributed by atoms with van der Waals surface area (Å²) in [6.45, 7) is 0.436. The molecule has 3 aliphatic heterocycles. The van der Waals surface area contributed by atoms with Crippen LogP contribution in [-0.2, 0) is 19.1 Å². The van der Waals surface area contributed by atoms with Gasteiger partial charge < -0.3 is 20.3 Å². The SMILES string of the molecule is O=C(Nc1cc(Cl)cc(Cl)c1)[C@@H]1[C@@H]2C=C[C@]3(O2)[C@@H]1C(=O)N(CCC1=CCCCC1)[C@H]3C(=O)NC1CCCCC1. The smallest absolute Gasteiger partial charge is 0.246 e. The van der Waals surface area contributed by atoms with Gasteiger partial charge in [-0.3, -0.25) is 14.4 Å². The number of ether oxygens (including phenoxy) is 1. The lowest BCUT2D eigenvalue weighted by molar-refractivity contribution is -0.141. The van der Waals surface area contributed by atoms with Crippen LogP contribution in [0.25, 0.3) is 0 Å². The first-order valence-electron chi connectivity index (χ1n) is 14.3. The lowest BCUT2D eigenvalue weighted by atomic mass is 9.74. The minimum absolute atomic E-state index is 0.106. The first kappa shape index (κ1) is 26.9. The first-order chi connectivity index (χ1) is 18.9. The maximum atomic E-state index is 14.1. The molecule has 2 saturated heterocycles. The number of fused-ring (bicyclic) bond motifs is 1. The number of nitrogens with one attached hydrogen (secondary N) is 2. The quantitative estimate of drug-likeness (QED) is 0.427. The minimum atomic E-state index is -1.16. The molecule has 7 nitrogen and oxygen atoms in total.